The molecule has 30 heavy (non-hydrogen) atoms. The number of hydrogen-bond donors (Lipinski definition) is 2. The largest absolute Gasteiger partial charge is 0.493 e. The van der Waals surface area contributed by atoms with Crippen LogP contribution < -0.4 is 24.8 Å². The third-order valence-electron chi connectivity index (χ3n) is 4.88. The maximum absolute atomic E-state index is 12.4. The maximum Gasteiger partial charge on any atom is 0.234 e. The average molecular weight is 421 g/mol. The van der Waals surface area contributed by atoms with E-state index >= 15 is 0 Å². The molecule has 1 aliphatic heterocycles. The summed E-state index contributed by atoms with van der Waals surface area (Å²) in [6, 6.07) is 3.41. The lowest BCUT2D eigenvalue weighted by atomic mass is 10.2. The van der Waals surface area contributed by atoms with E-state index in [0.29, 0.717) is 49.0 Å². The van der Waals surface area contributed by atoms with Gasteiger partial charge < -0.3 is 29.7 Å². The van der Waals surface area contributed by atoms with E-state index in [-0.39, 0.29) is 11.8 Å². The number of nitrogens with zero attached hydrogens (tertiary/aromatic N) is 2. The zero-order valence-corrected chi connectivity index (χ0v) is 18.0. The molecule has 1 saturated heterocycles. The van der Waals surface area contributed by atoms with Crippen molar-refractivity contribution in [2.24, 2.45) is 0 Å². The molecule has 0 atom stereocenters. The first-order valence-electron chi connectivity index (χ1n) is 9.92. The second-order valence-corrected chi connectivity index (χ2v) is 6.92. The molecule has 2 rings (SSSR count). The first kappa shape index (κ1) is 23.5. The molecule has 1 fully saturated rings. The molecule has 166 valence electrons. The predicted octanol–water partition coefficient (Wildman–Crippen LogP) is 0.961. The SMILES string of the molecule is C=CCNC(=O)CN1CCN(CCC(=O)Nc2cc(OC)c(OC)c(OC)c2)CC1. The predicted molar refractivity (Wildman–Crippen MR) is 115 cm³/mol. The second-order valence-electron chi connectivity index (χ2n) is 6.92. The molecule has 2 N–H and O–H groups in total. The summed E-state index contributed by atoms with van der Waals surface area (Å²) in [5.41, 5.74) is 0.588. The molecule has 0 saturated carbocycles. The Morgan fingerprint density at radius 2 is 1.60 bits per heavy atom. The standard InChI is InChI=1S/C21H32N4O5/c1-5-7-22-20(27)15-25-11-9-24(10-12-25)8-6-19(26)23-16-13-17(28-2)21(30-4)18(14-16)29-3/h5,13-14H,1,6-12,15H2,2-4H3,(H,22,27)(H,23,26). The summed E-state index contributed by atoms with van der Waals surface area (Å²) in [5, 5.41) is 5.67. The minimum absolute atomic E-state index is 0.00748. The molecule has 0 aliphatic carbocycles. The van der Waals surface area contributed by atoms with Gasteiger partial charge >= 0.3 is 0 Å². The summed E-state index contributed by atoms with van der Waals surface area (Å²) < 4.78 is 15.9. The lowest BCUT2D eigenvalue weighted by Gasteiger charge is -2.34. The van der Waals surface area contributed by atoms with Crippen LogP contribution in [-0.2, 0) is 9.59 Å². The van der Waals surface area contributed by atoms with Crippen molar-refractivity contribution in [1.82, 2.24) is 15.1 Å². The van der Waals surface area contributed by atoms with E-state index in [1.54, 1.807) is 18.2 Å². The van der Waals surface area contributed by atoms with E-state index in [1.807, 2.05) is 0 Å². The summed E-state index contributed by atoms with van der Waals surface area (Å²) in [6.07, 6.45) is 2.04. The molecular weight excluding hydrogens is 388 g/mol. The summed E-state index contributed by atoms with van der Waals surface area (Å²) in [6.45, 7) is 8.38. The van der Waals surface area contributed by atoms with Gasteiger partial charge in [-0.3, -0.25) is 14.5 Å². The summed E-state index contributed by atoms with van der Waals surface area (Å²) in [4.78, 5) is 28.5. The highest BCUT2D eigenvalue weighted by Gasteiger charge is 2.20. The second kappa shape index (κ2) is 12.0. The van der Waals surface area contributed by atoms with Crippen molar-refractivity contribution < 1.29 is 23.8 Å². The number of carbonyl (C=O) groups is 2. The van der Waals surface area contributed by atoms with E-state index < -0.39 is 0 Å². The van der Waals surface area contributed by atoms with Crippen LogP contribution >= 0.6 is 0 Å². The Balaban J connectivity index is 1.78. The molecule has 9 nitrogen and oxygen atoms in total. The van der Waals surface area contributed by atoms with Crippen LogP contribution in [0.2, 0.25) is 0 Å². The zero-order valence-electron chi connectivity index (χ0n) is 18.0. The lowest BCUT2D eigenvalue weighted by Crippen LogP contribution is -2.49. The number of ether oxygens (including phenoxy) is 3. The van der Waals surface area contributed by atoms with E-state index in [0.717, 1.165) is 26.2 Å². The molecule has 1 heterocycles. The molecule has 9 heteroatoms. The molecular formula is C21H32N4O5. The number of methoxy groups -OCH3 is 3. The zero-order chi connectivity index (χ0) is 21.9. The summed E-state index contributed by atoms with van der Waals surface area (Å²) in [7, 11) is 4.60. The van der Waals surface area contributed by atoms with Gasteiger partial charge in [-0.15, -0.1) is 6.58 Å². The molecule has 1 aliphatic rings. The molecule has 2 amide bonds. The third-order valence-corrected chi connectivity index (χ3v) is 4.88. The fourth-order valence-electron chi connectivity index (χ4n) is 3.25. The van der Waals surface area contributed by atoms with Gasteiger partial charge in [-0.25, -0.2) is 0 Å². The van der Waals surface area contributed by atoms with Crippen LogP contribution in [0.1, 0.15) is 6.42 Å². The molecule has 0 radical (unpaired) electrons. The molecule has 1 aromatic carbocycles. The number of carbonyl (C=O) groups excluding carboxylic acids is 2. The number of hydrogen-bond acceptors (Lipinski definition) is 7. The highest BCUT2D eigenvalue weighted by Crippen LogP contribution is 2.39. The number of piperazine rings is 1. The maximum atomic E-state index is 12.4. The van der Waals surface area contributed by atoms with E-state index in [9.17, 15) is 9.59 Å². The Morgan fingerprint density at radius 3 is 2.13 bits per heavy atom. The summed E-state index contributed by atoms with van der Waals surface area (Å²) >= 11 is 0. The van der Waals surface area contributed by atoms with Crippen LogP contribution in [0.5, 0.6) is 17.2 Å². The van der Waals surface area contributed by atoms with E-state index in [2.05, 4.69) is 27.0 Å². The van der Waals surface area contributed by atoms with Crippen LogP contribution in [0.4, 0.5) is 5.69 Å². The Kier molecular flexibility index (Phi) is 9.43. The highest BCUT2D eigenvalue weighted by atomic mass is 16.5. The van der Waals surface area contributed by atoms with Crippen molar-refractivity contribution >= 4 is 17.5 Å². The summed E-state index contributed by atoms with van der Waals surface area (Å²) in [5.74, 6) is 1.37. The van der Waals surface area contributed by atoms with Crippen molar-refractivity contribution in [3.05, 3.63) is 24.8 Å². The van der Waals surface area contributed by atoms with Gasteiger partial charge in [-0.2, -0.15) is 0 Å². The minimum Gasteiger partial charge on any atom is -0.493 e. The normalized spacial score (nSPS) is 14.6. The Morgan fingerprint density at radius 1 is 1.00 bits per heavy atom. The molecule has 0 spiro atoms. The van der Waals surface area contributed by atoms with Crippen molar-refractivity contribution in [1.29, 1.82) is 0 Å². The first-order valence-corrected chi connectivity index (χ1v) is 9.92. The lowest BCUT2D eigenvalue weighted by molar-refractivity contribution is -0.122. The van der Waals surface area contributed by atoms with Crippen molar-refractivity contribution in [3.63, 3.8) is 0 Å². The monoisotopic (exact) mass is 420 g/mol. The molecule has 1 aromatic rings. The van der Waals surface area contributed by atoms with E-state index in [1.165, 1.54) is 21.3 Å². The first-order chi connectivity index (χ1) is 14.5. The number of anilines is 1. The van der Waals surface area contributed by atoms with Crippen LogP contribution in [-0.4, -0.2) is 88.8 Å². The van der Waals surface area contributed by atoms with Crippen LogP contribution in [0.3, 0.4) is 0 Å². The van der Waals surface area contributed by atoms with Gasteiger partial charge in [0.05, 0.1) is 27.9 Å². The van der Waals surface area contributed by atoms with Gasteiger partial charge in [0.25, 0.3) is 0 Å². The topological polar surface area (TPSA) is 92.4 Å². The van der Waals surface area contributed by atoms with Gasteiger partial charge in [0, 0.05) is 63.5 Å². The van der Waals surface area contributed by atoms with Crippen molar-refractivity contribution in [3.8, 4) is 17.2 Å². The smallest absolute Gasteiger partial charge is 0.234 e. The van der Waals surface area contributed by atoms with Crippen molar-refractivity contribution in [2.75, 3.05) is 72.5 Å². The Hall–Kier alpha value is -2.78. The Labute approximate surface area is 177 Å². The van der Waals surface area contributed by atoms with E-state index in [4.69, 9.17) is 14.2 Å². The quantitative estimate of drug-likeness (QED) is 0.515. The van der Waals surface area contributed by atoms with Gasteiger partial charge in [-0.1, -0.05) is 6.08 Å². The van der Waals surface area contributed by atoms with Crippen LogP contribution in [0.25, 0.3) is 0 Å². The van der Waals surface area contributed by atoms with Gasteiger partial charge in [-0.05, 0) is 0 Å². The molecule has 0 unspecified atom stereocenters. The number of amides is 2. The van der Waals surface area contributed by atoms with Gasteiger partial charge in [0.2, 0.25) is 17.6 Å². The average Bonchev–Trinajstić information content (AvgIpc) is 2.76. The highest BCUT2D eigenvalue weighted by molar-refractivity contribution is 5.91. The number of benzene rings is 1. The number of nitrogens with one attached hydrogen (secondary N) is 2. The third kappa shape index (κ3) is 6.93. The molecule has 0 aromatic heterocycles. The van der Waals surface area contributed by atoms with Gasteiger partial charge in [0.1, 0.15) is 0 Å². The molecule has 0 bridgehead atoms. The van der Waals surface area contributed by atoms with Crippen LogP contribution in [0.15, 0.2) is 24.8 Å². The van der Waals surface area contributed by atoms with Crippen LogP contribution in [0, 0.1) is 0 Å². The minimum atomic E-state index is -0.0875. The van der Waals surface area contributed by atoms with Crippen molar-refractivity contribution in [2.45, 2.75) is 6.42 Å². The van der Waals surface area contributed by atoms with Gasteiger partial charge in [0.15, 0.2) is 11.5 Å². The fraction of sp³-hybridized carbons (Fsp3) is 0.524. The Bertz CT molecular complexity index is 707. The number of rotatable bonds is 11. The fourth-order valence-corrected chi connectivity index (χ4v) is 3.25.